The van der Waals surface area contributed by atoms with Crippen molar-refractivity contribution in [1.29, 1.82) is 0 Å². The first-order valence-corrected chi connectivity index (χ1v) is 5.62. The summed E-state index contributed by atoms with van der Waals surface area (Å²) in [6.07, 6.45) is 0. The van der Waals surface area contributed by atoms with Crippen LogP contribution in [0, 0.1) is 10.1 Å². The van der Waals surface area contributed by atoms with Crippen LogP contribution >= 0.6 is 22.6 Å². The lowest BCUT2D eigenvalue weighted by Gasteiger charge is -2.06. The molecule has 84 valence electrons. The van der Waals surface area contributed by atoms with Crippen molar-refractivity contribution >= 4 is 39.9 Å². The molecule has 6 heteroatoms. The molecule has 0 aliphatic rings. The Morgan fingerprint density at radius 2 is 2.00 bits per heavy atom. The van der Waals surface area contributed by atoms with Crippen molar-refractivity contribution < 1.29 is 9.72 Å². The standard InChI is InChI=1S/C10H9IN2O3/c1-7(14)12-10(6-11)8-2-4-9(5-3-8)13(15)16/h2-6H,1H3,(H,12,14)/b10-6+. The first kappa shape index (κ1) is 12.6. The van der Waals surface area contributed by atoms with Crippen molar-refractivity contribution in [1.82, 2.24) is 5.32 Å². The lowest BCUT2D eigenvalue weighted by molar-refractivity contribution is -0.384. The third kappa shape index (κ3) is 3.30. The van der Waals surface area contributed by atoms with Gasteiger partial charge in [0.25, 0.3) is 5.69 Å². The van der Waals surface area contributed by atoms with Crippen LogP contribution in [0.5, 0.6) is 0 Å². The van der Waals surface area contributed by atoms with E-state index in [1.165, 1.54) is 19.1 Å². The molecule has 0 unspecified atom stereocenters. The predicted molar refractivity (Wildman–Crippen MR) is 68.9 cm³/mol. The van der Waals surface area contributed by atoms with Gasteiger partial charge >= 0.3 is 0 Å². The van der Waals surface area contributed by atoms with E-state index in [2.05, 4.69) is 5.32 Å². The highest BCUT2D eigenvalue weighted by Gasteiger charge is 2.07. The van der Waals surface area contributed by atoms with E-state index in [1.54, 1.807) is 16.2 Å². The summed E-state index contributed by atoms with van der Waals surface area (Å²) in [6, 6.07) is 5.99. The zero-order chi connectivity index (χ0) is 12.1. The molecule has 0 atom stereocenters. The topological polar surface area (TPSA) is 72.2 Å². The van der Waals surface area contributed by atoms with E-state index < -0.39 is 4.92 Å². The van der Waals surface area contributed by atoms with Gasteiger partial charge < -0.3 is 5.32 Å². The van der Waals surface area contributed by atoms with E-state index in [9.17, 15) is 14.9 Å². The van der Waals surface area contributed by atoms with Crippen molar-refractivity contribution in [2.24, 2.45) is 0 Å². The van der Waals surface area contributed by atoms with Crippen LogP contribution in [0.25, 0.3) is 5.70 Å². The maximum Gasteiger partial charge on any atom is 0.269 e. The fourth-order valence-electron chi connectivity index (χ4n) is 1.11. The van der Waals surface area contributed by atoms with Gasteiger partial charge in [-0.2, -0.15) is 0 Å². The van der Waals surface area contributed by atoms with E-state index in [0.29, 0.717) is 5.70 Å². The second-order valence-electron chi connectivity index (χ2n) is 3.01. The van der Waals surface area contributed by atoms with Gasteiger partial charge in [0.15, 0.2) is 0 Å². The van der Waals surface area contributed by atoms with E-state index in [0.717, 1.165) is 5.56 Å². The number of carbonyl (C=O) groups is 1. The Kier molecular flexibility index (Phi) is 4.41. The molecule has 0 bridgehead atoms. The van der Waals surface area contributed by atoms with Crippen molar-refractivity contribution in [3.05, 3.63) is 44.0 Å². The van der Waals surface area contributed by atoms with Crippen molar-refractivity contribution in [2.45, 2.75) is 6.92 Å². The van der Waals surface area contributed by atoms with Crippen LogP contribution in [-0.2, 0) is 4.79 Å². The third-order valence-electron chi connectivity index (χ3n) is 1.81. The number of non-ortho nitro benzene ring substituents is 1. The van der Waals surface area contributed by atoms with Gasteiger partial charge in [0, 0.05) is 23.1 Å². The van der Waals surface area contributed by atoms with Crippen LogP contribution in [-0.4, -0.2) is 10.8 Å². The summed E-state index contributed by atoms with van der Waals surface area (Å²) in [5.74, 6) is -0.179. The summed E-state index contributed by atoms with van der Waals surface area (Å²) in [5, 5.41) is 13.1. The molecule has 0 aliphatic heterocycles. The molecule has 1 rings (SSSR count). The maximum absolute atomic E-state index is 10.9. The average Bonchev–Trinajstić information content (AvgIpc) is 2.25. The number of carbonyl (C=O) groups excluding carboxylic acids is 1. The van der Waals surface area contributed by atoms with E-state index >= 15 is 0 Å². The first-order valence-electron chi connectivity index (χ1n) is 4.37. The van der Waals surface area contributed by atoms with Crippen LogP contribution in [0.15, 0.2) is 28.3 Å². The Morgan fingerprint density at radius 3 is 2.38 bits per heavy atom. The first-order chi connectivity index (χ1) is 7.54. The molecule has 0 heterocycles. The minimum absolute atomic E-state index is 0.0272. The van der Waals surface area contributed by atoms with Crippen LogP contribution in [0.2, 0.25) is 0 Å². The summed E-state index contributed by atoms with van der Waals surface area (Å²) in [7, 11) is 0. The molecule has 16 heavy (non-hydrogen) atoms. The smallest absolute Gasteiger partial charge is 0.269 e. The van der Waals surface area contributed by atoms with E-state index in [-0.39, 0.29) is 11.6 Å². The average molecular weight is 332 g/mol. The molecule has 0 aromatic heterocycles. The minimum Gasteiger partial charge on any atom is -0.325 e. The fraction of sp³-hybridized carbons (Fsp3) is 0.100. The van der Waals surface area contributed by atoms with Crippen LogP contribution in [0.3, 0.4) is 0 Å². The quantitative estimate of drug-likeness (QED) is 0.525. The highest BCUT2D eigenvalue weighted by molar-refractivity contribution is 14.1. The van der Waals surface area contributed by atoms with Crippen LogP contribution in [0.4, 0.5) is 5.69 Å². The van der Waals surface area contributed by atoms with Gasteiger partial charge in [-0.1, -0.05) is 22.6 Å². The molecule has 0 radical (unpaired) electrons. The molecule has 1 aromatic rings. The van der Waals surface area contributed by atoms with Gasteiger partial charge in [-0.3, -0.25) is 14.9 Å². The van der Waals surface area contributed by atoms with Crippen molar-refractivity contribution in [3.63, 3.8) is 0 Å². The Labute approximate surface area is 106 Å². The number of hydrogen-bond donors (Lipinski definition) is 1. The number of nitro groups is 1. The number of amides is 1. The van der Waals surface area contributed by atoms with Crippen LogP contribution < -0.4 is 5.32 Å². The SMILES string of the molecule is CC(=O)N/C(=C/I)c1ccc([N+](=O)[O-])cc1. The Bertz CT molecular complexity index is 440. The van der Waals surface area contributed by atoms with Crippen molar-refractivity contribution in [3.8, 4) is 0 Å². The predicted octanol–water partition coefficient (Wildman–Crippen LogP) is 2.46. The van der Waals surface area contributed by atoms with Gasteiger partial charge in [0.05, 0.1) is 10.6 Å². The molecular weight excluding hydrogens is 323 g/mol. The monoisotopic (exact) mass is 332 g/mol. The number of hydrogen-bond acceptors (Lipinski definition) is 3. The highest BCUT2D eigenvalue weighted by Crippen LogP contribution is 2.18. The van der Waals surface area contributed by atoms with Gasteiger partial charge in [0.2, 0.25) is 5.91 Å². The van der Waals surface area contributed by atoms with E-state index in [4.69, 9.17) is 0 Å². The number of nitrogens with one attached hydrogen (secondary N) is 1. The summed E-state index contributed by atoms with van der Waals surface area (Å²) >= 11 is 2.00. The number of nitro benzene ring substituents is 1. The molecule has 0 spiro atoms. The molecule has 5 nitrogen and oxygen atoms in total. The molecular formula is C10H9IN2O3. The molecule has 0 aliphatic carbocycles. The molecule has 0 fully saturated rings. The lowest BCUT2D eigenvalue weighted by Crippen LogP contribution is -2.17. The normalized spacial score (nSPS) is 11.0. The molecule has 1 N–H and O–H groups in total. The van der Waals surface area contributed by atoms with Gasteiger partial charge in [-0.25, -0.2) is 0 Å². The fourth-order valence-corrected chi connectivity index (χ4v) is 1.63. The molecule has 1 aromatic carbocycles. The highest BCUT2D eigenvalue weighted by atomic mass is 127. The zero-order valence-corrected chi connectivity index (χ0v) is 10.6. The van der Waals surface area contributed by atoms with Gasteiger partial charge in [-0.15, -0.1) is 0 Å². The largest absolute Gasteiger partial charge is 0.325 e. The van der Waals surface area contributed by atoms with Crippen molar-refractivity contribution in [2.75, 3.05) is 0 Å². The second kappa shape index (κ2) is 5.59. The number of halogens is 1. The number of rotatable bonds is 3. The number of nitrogens with zero attached hydrogens (tertiary/aromatic N) is 1. The summed E-state index contributed by atoms with van der Waals surface area (Å²) in [4.78, 5) is 20.9. The van der Waals surface area contributed by atoms with E-state index in [1.807, 2.05) is 22.6 Å². The summed E-state index contributed by atoms with van der Waals surface area (Å²) in [5.41, 5.74) is 1.39. The Morgan fingerprint density at radius 1 is 1.44 bits per heavy atom. The molecule has 0 saturated heterocycles. The van der Waals surface area contributed by atoms with Gasteiger partial charge in [-0.05, 0) is 17.7 Å². The summed E-state index contributed by atoms with van der Waals surface area (Å²) in [6.45, 7) is 1.41. The maximum atomic E-state index is 10.9. The number of benzene rings is 1. The van der Waals surface area contributed by atoms with Gasteiger partial charge in [0.1, 0.15) is 0 Å². The second-order valence-corrected chi connectivity index (χ2v) is 3.63. The van der Waals surface area contributed by atoms with Crippen LogP contribution in [0.1, 0.15) is 12.5 Å². The molecule has 1 amide bonds. The third-order valence-corrected chi connectivity index (χ3v) is 2.43. The molecule has 0 saturated carbocycles. The Balaban J connectivity index is 2.96. The zero-order valence-electron chi connectivity index (χ0n) is 8.44. The Hall–Kier alpha value is -1.44. The lowest BCUT2D eigenvalue weighted by atomic mass is 10.1. The minimum atomic E-state index is -0.463. The summed E-state index contributed by atoms with van der Waals surface area (Å²) < 4.78 is 1.71.